The van der Waals surface area contributed by atoms with Crippen molar-refractivity contribution in [3.05, 3.63) is 59.4 Å². The fourth-order valence-electron chi connectivity index (χ4n) is 2.59. The number of methoxy groups -OCH3 is 2. The van der Waals surface area contributed by atoms with Crippen molar-refractivity contribution in [2.24, 2.45) is 4.99 Å². The Morgan fingerprint density at radius 2 is 1.78 bits per heavy atom. The Hall–Kier alpha value is -2.03. The van der Waals surface area contributed by atoms with Crippen LogP contribution in [0.2, 0.25) is 0 Å². The van der Waals surface area contributed by atoms with Gasteiger partial charge in [-0.05, 0) is 48.2 Å². The quantitative estimate of drug-likeness (QED) is 0.258. The fraction of sp³-hybridized carbons (Fsp3) is 0.350. The SMILES string of the molecule is CN=C(NCCCc1ccc(OC)c(OC)c1)NCc1cccc(F)c1.I. The lowest BCUT2D eigenvalue weighted by molar-refractivity contribution is 0.354. The van der Waals surface area contributed by atoms with Gasteiger partial charge in [0.15, 0.2) is 17.5 Å². The van der Waals surface area contributed by atoms with Gasteiger partial charge in [-0.15, -0.1) is 24.0 Å². The van der Waals surface area contributed by atoms with E-state index in [0.29, 0.717) is 12.5 Å². The molecule has 0 radical (unpaired) electrons. The van der Waals surface area contributed by atoms with Crippen molar-refractivity contribution in [1.29, 1.82) is 0 Å². The summed E-state index contributed by atoms with van der Waals surface area (Å²) in [6.45, 7) is 1.30. The lowest BCUT2D eigenvalue weighted by Gasteiger charge is -2.12. The first-order valence-corrected chi connectivity index (χ1v) is 8.56. The van der Waals surface area contributed by atoms with Gasteiger partial charge in [-0.2, -0.15) is 0 Å². The number of aryl methyl sites for hydroxylation is 1. The van der Waals surface area contributed by atoms with Gasteiger partial charge >= 0.3 is 0 Å². The minimum atomic E-state index is -0.234. The van der Waals surface area contributed by atoms with Crippen molar-refractivity contribution in [3.8, 4) is 11.5 Å². The molecule has 0 fully saturated rings. The Labute approximate surface area is 177 Å². The number of hydrogen-bond acceptors (Lipinski definition) is 3. The molecule has 7 heteroatoms. The van der Waals surface area contributed by atoms with Gasteiger partial charge in [-0.3, -0.25) is 4.99 Å². The van der Waals surface area contributed by atoms with E-state index in [1.54, 1.807) is 27.3 Å². The first kappa shape index (κ1) is 23.0. The second-order valence-electron chi connectivity index (χ2n) is 5.78. The standard InChI is InChI=1S/C20H26FN3O2.HI/c1-22-20(24-14-16-6-4-8-17(21)12-16)23-11-5-7-15-9-10-18(25-2)19(13-15)26-3;/h4,6,8-10,12-13H,5,7,11,14H2,1-3H3,(H2,22,23,24);1H. The molecule has 5 nitrogen and oxygen atoms in total. The van der Waals surface area contributed by atoms with Gasteiger partial charge in [-0.25, -0.2) is 4.39 Å². The van der Waals surface area contributed by atoms with Crippen LogP contribution in [0.5, 0.6) is 11.5 Å². The van der Waals surface area contributed by atoms with Crippen LogP contribution in [0.1, 0.15) is 17.5 Å². The highest BCUT2D eigenvalue weighted by Gasteiger charge is 2.05. The Morgan fingerprint density at radius 1 is 1.00 bits per heavy atom. The molecule has 2 aromatic carbocycles. The number of nitrogens with zero attached hydrogens (tertiary/aromatic N) is 1. The number of hydrogen-bond donors (Lipinski definition) is 2. The average Bonchev–Trinajstić information content (AvgIpc) is 2.67. The molecule has 2 N–H and O–H groups in total. The Morgan fingerprint density at radius 3 is 2.44 bits per heavy atom. The van der Waals surface area contributed by atoms with Gasteiger partial charge in [0.1, 0.15) is 5.82 Å². The molecule has 0 aliphatic heterocycles. The molecule has 0 saturated heterocycles. The predicted octanol–water partition coefficient (Wildman–Crippen LogP) is 3.76. The van der Waals surface area contributed by atoms with Crippen LogP contribution < -0.4 is 20.1 Å². The number of rotatable bonds is 8. The van der Waals surface area contributed by atoms with E-state index in [0.717, 1.165) is 36.4 Å². The Bertz CT molecular complexity index is 741. The molecule has 0 bridgehead atoms. The first-order chi connectivity index (χ1) is 12.7. The predicted molar refractivity (Wildman–Crippen MR) is 118 cm³/mol. The van der Waals surface area contributed by atoms with E-state index in [9.17, 15) is 4.39 Å². The van der Waals surface area contributed by atoms with Crippen molar-refractivity contribution < 1.29 is 13.9 Å². The van der Waals surface area contributed by atoms with Crippen LogP contribution in [0.25, 0.3) is 0 Å². The van der Waals surface area contributed by atoms with E-state index in [-0.39, 0.29) is 29.8 Å². The minimum Gasteiger partial charge on any atom is -0.493 e. The molecule has 0 unspecified atom stereocenters. The lowest BCUT2D eigenvalue weighted by Crippen LogP contribution is -2.37. The van der Waals surface area contributed by atoms with Crippen molar-refractivity contribution in [3.63, 3.8) is 0 Å². The third kappa shape index (κ3) is 7.62. The number of benzene rings is 2. The summed E-state index contributed by atoms with van der Waals surface area (Å²) in [5.41, 5.74) is 2.06. The highest BCUT2D eigenvalue weighted by atomic mass is 127. The van der Waals surface area contributed by atoms with Gasteiger partial charge in [0.05, 0.1) is 14.2 Å². The largest absolute Gasteiger partial charge is 0.493 e. The molecule has 27 heavy (non-hydrogen) atoms. The van der Waals surface area contributed by atoms with Crippen LogP contribution >= 0.6 is 24.0 Å². The van der Waals surface area contributed by atoms with Gasteiger partial charge in [-0.1, -0.05) is 18.2 Å². The van der Waals surface area contributed by atoms with Crippen molar-refractivity contribution >= 4 is 29.9 Å². The molecule has 0 aliphatic rings. The summed E-state index contributed by atoms with van der Waals surface area (Å²) < 4.78 is 23.8. The van der Waals surface area contributed by atoms with Crippen LogP contribution in [0.3, 0.4) is 0 Å². The maximum Gasteiger partial charge on any atom is 0.191 e. The van der Waals surface area contributed by atoms with Crippen molar-refractivity contribution in [1.82, 2.24) is 10.6 Å². The molecule has 2 rings (SSSR count). The Balaban J connectivity index is 0.00000364. The second-order valence-corrected chi connectivity index (χ2v) is 5.78. The fourth-order valence-corrected chi connectivity index (χ4v) is 2.59. The number of aliphatic imine (C=N–C) groups is 1. The highest BCUT2D eigenvalue weighted by Crippen LogP contribution is 2.27. The van der Waals surface area contributed by atoms with E-state index in [4.69, 9.17) is 9.47 Å². The average molecular weight is 487 g/mol. The molecule has 0 amide bonds. The highest BCUT2D eigenvalue weighted by molar-refractivity contribution is 14.0. The molecular formula is C20H27FIN3O2. The van der Waals surface area contributed by atoms with Gasteiger partial charge in [0.2, 0.25) is 0 Å². The summed E-state index contributed by atoms with van der Waals surface area (Å²) in [6.07, 6.45) is 1.85. The maximum atomic E-state index is 13.2. The minimum absolute atomic E-state index is 0. The molecule has 0 aliphatic carbocycles. The van der Waals surface area contributed by atoms with Gasteiger partial charge in [0, 0.05) is 20.1 Å². The molecule has 148 valence electrons. The summed E-state index contributed by atoms with van der Waals surface area (Å²) in [7, 11) is 4.98. The first-order valence-electron chi connectivity index (χ1n) is 8.56. The summed E-state index contributed by atoms with van der Waals surface area (Å²) in [6, 6.07) is 12.5. The number of halogens is 2. The smallest absolute Gasteiger partial charge is 0.191 e. The van der Waals surface area contributed by atoms with E-state index in [2.05, 4.69) is 15.6 Å². The molecule has 0 atom stereocenters. The van der Waals surface area contributed by atoms with Crippen LogP contribution in [0.4, 0.5) is 4.39 Å². The number of nitrogens with one attached hydrogen (secondary N) is 2. The van der Waals surface area contributed by atoms with E-state index in [1.807, 2.05) is 24.3 Å². The Kier molecular flexibility index (Phi) is 10.5. The van der Waals surface area contributed by atoms with Crippen LogP contribution in [0, 0.1) is 5.82 Å². The topological polar surface area (TPSA) is 54.9 Å². The zero-order chi connectivity index (χ0) is 18.8. The number of ether oxygens (including phenoxy) is 2. The van der Waals surface area contributed by atoms with Crippen molar-refractivity contribution in [2.75, 3.05) is 27.8 Å². The van der Waals surface area contributed by atoms with Crippen LogP contribution in [-0.2, 0) is 13.0 Å². The van der Waals surface area contributed by atoms with Crippen LogP contribution in [0.15, 0.2) is 47.5 Å². The van der Waals surface area contributed by atoms with Crippen LogP contribution in [-0.4, -0.2) is 33.8 Å². The molecule has 0 saturated carbocycles. The lowest BCUT2D eigenvalue weighted by atomic mass is 10.1. The third-order valence-electron chi connectivity index (χ3n) is 3.96. The molecule has 0 heterocycles. The monoisotopic (exact) mass is 487 g/mol. The zero-order valence-corrected chi connectivity index (χ0v) is 18.3. The normalized spacial score (nSPS) is 10.7. The van der Waals surface area contributed by atoms with E-state index >= 15 is 0 Å². The number of guanidine groups is 1. The second kappa shape index (κ2) is 12.4. The van der Waals surface area contributed by atoms with Gasteiger partial charge in [0.25, 0.3) is 0 Å². The zero-order valence-electron chi connectivity index (χ0n) is 15.9. The summed E-state index contributed by atoms with van der Waals surface area (Å²) >= 11 is 0. The molecule has 0 aromatic heterocycles. The van der Waals surface area contributed by atoms with Gasteiger partial charge < -0.3 is 20.1 Å². The third-order valence-corrected chi connectivity index (χ3v) is 3.96. The van der Waals surface area contributed by atoms with Crippen molar-refractivity contribution in [2.45, 2.75) is 19.4 Å². The molecule has 0 spiro atoms. The summed E-state index contributed by atoms with van der Waals surface area (Å²) in [4.78, 5) is 4.18. The summed E-state index contributed by atoms with van der Waals surface area (Å²) in [5.74, 6) is 1.94. The van der Waals surface area contributed by atoms with E-state index < -0.39 is 0 Å². The maximum absolute atomic E-state index is 13.2. The molecule has 2 aromatic rings. The molecular weight excluding hydrogens is 460 g/mol. The van der Waals surface area contributed by atoms with E-state index in [1.165, 1.54) is 17.7 Å². The summed E-state index contributed by atoms with van der Waals surface area (Å²) in [5, 5.41) is 6.45.